The van der Waals surface area contributed by atoms with E-state index >= 15 is 0 Å². The van der Waals surface area contributed by atoms with Crippen molar-refractivity contribution in [3.05, 3.63) is 54.1 Å². The molecule has 2 aromatic carbocycles. The minimum Gasteiger partial charge on any atom is -0.280 e. The SMILES string of the molecule is CC(C)(C)c1ccc(S(=O)(=O)Nc2ccc(S(=O)(=O)C3CCCC3)cc2)cc1. The van der Waals surface area contributed by atoms with Gasteiger partial charge in [-0.1, -0.05) is 45.7 Å². The molecule has 0 unspecified atom stereocenters. The lowest BCUT2D eigenvalue weighted by molar-refractivity contribution is 0.579. The van der Waals surface area contributed by atoms with E-state index in [0.717, 1.165) is 18.4 Å². The summed E-state index contributed by atoms with van der Waals surface area (Å²) in [7, 11) is -7.09. The average molecular weight is 422 g/mol. The van der Waals surface area contributed by atoms with Gasteiger partial charge in [0.05, 0.1) is 15.0 Å². The van der Waals surface area contributed by atoms with Crippen molar-refractivity contribution < 1.29 is 16.8 Å². The lowest BCUT2D eigenvalue weighted by Gasteiger charge is -2.19. The normalized spacial score (nSPS) is 16.2. The van der Waals surface area contributed by atoms with Crippen LogP contribution in [-0.4, -0.2) is 22.1 Å². The molecule has 0 saturated heterocycles. The number of anilines is 1. The maximum absolute atomic E-state index is 12.6. The molecule has 152 valence electrons. The van der Waals surface area contributed by atoms with Crippen LogP contribution in [0.1, 0.15) is 52.0 Å². The summed E-state index contributed by atoms with van der Waals surface area (Å²) < 4.78 is 53.0. The standard InChI is InChI=1S/C21H27NO4S2/c1-21(2,3)16-8-12-20(13-9-16)28(25,26)22-17-10-14-19(15-11-17)27(23,24)18-6-4-5-7-18/h8-15,18,22H,4-7H2,1-3H3. The zero-order valence-electron chi connectivity index (χ0n) is 16.5. The van der Waals surface area contributed by atoms with Gasteiger partial charge in [-0.25, -0.2) is 16.8 Å². The van der Waals surface area contributed by atoms with Gasteiger partial charge in [-0.2, -0.15) is 0 Å². The highest BCUT2D eigenvalue weighted by molar-refractivity contribution is 7.92. The van der Waals surface area contributed by atoms with E-state index in [1.165, 1.54) is 24.3 Å². The lowest BCUT2D eigenvalue weighted by Crippen LogP contribution is -2.18. The number of nitrogens with one attached hydrogen (secondary N) is 1. The highest BCUT2D eigenvalue weighted by atomic mass is 32.2. The summed E-state index contributed by atoms with van der Waals surface area (Å²) in [5, 5.41) is -0.323. The van der Waals surface area contributed by atoms with Gasteiger partial charge in [-0.05, 0) is 60.2 Å². The van der Waals surface area contributed by atoms with E-state index in [0.29, 0.717) is 18.5 Å². The van der Waals surface area contributed by atoms with Crippen LogP contribution in [0.4, 0.5) is 5.69 Å². The van der Waals surface area contributed by atoms with E-state index < -0.39 is 19.9 Å². The Morgan fingerprint density at radius 1 is 0.786 bits per heavy atom. The molecule has 1 aliphatic rings. The van der Waals surface area contributed by atoms with Gasteiger partial charge in [0.25, 0.3) is 10.0 Å². The molecule has 1 saturated carbocycles. The Morgan fingerprint density at radius 3 is 1.79 bits per heavy atom. The maximum atomic E-state index is 12.6. The van der Waals surface area contributed by atoms with E-state index in [-0.39, 0.29) is 20.5 Å². The van der Waals surface area contributed by atoms with Gasteiger partial charge in [-0.3, -0.25) is 4.72 Å². The molecule has 0 aromatic heterocycles. The second-order valence-electron chi connectivity index (χ2n) is 8.36. The first-order chi connectivity index (χ1) is 13.0. The quantitative estimate of drug-likeness (QED) is 0.771. The Kier molecular flexibility index (Phi) is 5.60. The second-order valence-corrected chi connectivity index (χ2v) is 12.3. The lowest BCUT2D eigenvalue weighted by atomic mass is 9.87. The summed E-state index contributed by atoms with van der Waals surface area (Å²) in [5.74, 6) is 0. The molecule has 7 heteroatoms. The number of sulfone groups is 1. The molecule has 1 N–H and O–H groups in total. The summed E-state index contributed by atoms with van der Waals surface area (Å²) in [6.45, 7) is 6.20. The van der Waals surface area contributed by atoms with Crippen LogP contribution in [0.5, 0.6) is 0 Å². The zero-order valence-corrected chi connectivity index (χ0v) is 18.1. The third-order valence-electron chi connectivity index (χ3n) is 5.21. The molecule has 0 aliphatic heterocycles. The summed E-state index contributed by atoms with van der Waals surface area (Å²) >= 11 is 0. The highest BCUT2D eigenvalue weighted by Gasteiger charge is 2.30. The third-order valence-corrected chi connectivity index (χ3v) is 8.88. The van der Waals surface area contributed by atoms with Crippen molar-refractivity contribution in [2.45, 2.75) is 66.9 Å². The fourth-order valence-electron chi connectivity index (χ4n) is 3.45. The van der Waals surface area contributed by atoms with E-state index in [1.807, 2.05) is 12.1 Å². The van der Waals surface area contributed by atoms with Crippen LogP contribution in [-0.2, 0) is 25.3 Å². The highest BCUT2D eigenvalue weighted by Crippen LogP contribution is 2.30. The molecule has 0 heterocycles. The zero-order chi connectivity index (χ0) is 20.6. The molecular weight excluding hydrogens is 394 g/mol. The fourth-order valence-corrected chi connectivity index (χ4v) is 6.36. The van der Waals surface area contributed by atoms with E-state index in [2.05, 4.69) is 25.5 Å². The predicted molar refractivity (Wildman–Crippen MR) is 112 cm³/mol. The van der Waals surface area contributed by atoms with Gasteiger partial charge in [0.15, 0.2) is 9.84 Å². The van der Waals surface area contributed by atoms with Crippen LogP contribution in [0.2, 0.25) is 0 Å². The van der Waals surface area contributed by atoms with Crippen LogP contribution in [0.15, 0.2) is 58.3 Å². The van der Waals surface area contributed by atoms with Crippen LogP contribution < -0.4 is 4.72 Å². The molecule has 0 bridgehead atoms. The van der Waals surface area contributed by atoms with Gasteiger partial charge in [-0.15, -0.1) is 0 Å². The molecule has 3 rings (SSSR count). The van der Waals surface area contributed by atoms with Gasteiger partial charge < -0.3 is 0 Å². The topological polar surface area (TPSA) is 80.3 Å². The van der Waals surface area contributed by atoms with Gasteiger partial charge in [0.2, 0.25) is 0 Å². The smallest absolute Gasteiger partial charge is 0.261 e. The average Bonchev–Trinajstić information content (AvgIpc) is 3.17. The van der Waals surface area contributed by atoms with Crippen LogP contribution in [0, 0.1) is 0 Å². The molecule has 1 aliphatic carbocycles. The van der Waals surface area contributed by atoms with Crippen molar-refractivity contribution in [3.8, 4) is 0 Å². The molecular formula is C21H27NO4S2. The fraction of sp³-hybridized carbons (Fsp3) is 0.429. The maximum Gasteiger partial charge on any atom is 0.261 e. The minimum absolute atomic E-state index is 0.0592. The van der Waals surface area contributed by atoms with Gasteiger partial charge >= 0.3 is 0 Å². The van der Waals surface area contributed by atoms with Gasteiger partial charge in [0, 0.05) is 5.69 Å². The van der Waals surface area contributed by atoms with E-state index in [4.69, 9.17) is 0 Å². The Morgan fingerprint density at radius 2 is 1.29 bits per heavy atom. The largest absolute Gasteiger partial charge is 0.280 e. The molecule has 0 radical (unpaired) electrons. The van der Waals surface area contributed by atoms with E-state index in [1.54, 1.807) is 12.1 Å². The number of hydrogen-bond donors (Lipinski definition) is 1. The Labute approximate surface area is 168 Å². The first-order valence-corrected chi connectivity index (χ1v) is 12.5. The predicted octanol–water partition coefficient (Wildman–Crippen LogP) is 4.50. The van der Waals surface area contributed by atoms with Crippen molar-refractivity contribution in [2.24, 2.45) is 0 Å². The molecule has 0 spiro atoms. The number of rotatable bonds is 5. The van der Waals surface area contributed by atoms with Crippen LogP contribution >= 0.6 is 0 Å². The van der Waals surface area contributed by atoms with Crippen molar-refractivity contribution in [2.75, 3.05) is 4.72 Å². The summed E-state index contributed by atoms with van der Waals surface area (Å²) in [5.41, 5.74) is 1.33. The number of hydrogen-bond acceptors (Lipinski definition) is 4. The van der Waals surface area contributed by atoms with Crippen LogP contribution in [0.25, 0.3) is 0 Å². The van der Waals surface area contributed by atoms with Gasteiger partial charge in [0.1, 0.15) is 0 Å². The van der Waals surface area contributed by atoms with Crippen molar-refractivity contribution in [1.82, 2.24) is 0 Å². The third kappa shape index (κ3) is 4.41. The molecule has 1 fully saturated rings. The molecule has 5 nitrogen and oxygen atoms in total. The summed E-state index contributed by atoms with van der Waals surface area (Å²) in [6.07, 6.45) is 3.27. The Balaban J connectivity index is 1.77. The molecule has 0 atom stereocenters. The van der Waals surface area contributed by atoms with Crippen molar-refractivity contribution >= 4 is 25.5 Å². The summed E-state index contributed by atoms with van der Waals surface area (Å²) in [4.78, 5) is 0.417. The van der Waals surface area contributed by atoms with Crippen LogP contribution in [0.3, 0.4) is 0 Å². The summed E-state index contributed by atoms with van der Waals surface area (Å²) in [6, 6.07) is 12.8. The second kappa shape index (κ2) is 7.52. The number of benzene rings is 2. The first-order valence-electron chi connectivity index (χ1n) is 9.47. The molecule has 0 amide bonds. The Hall–Kier alpha value is -1.86. The Bertz CT molecular complexity index is 1030. The van der Waals surface area contributed by atoms with E-state index in [9.17, 15) is 16.8 Å². The minimum atomic E-state index is -3.74. The molecule has 28 heavy (non-hydrogen) atoms. The van der Waals surface area contributed by atoms with Crippen molar-refractivity contribution in [1.29, 1.82) is 0 Å². The first kappa shape index (κ1) is 20.9. The number of sulfonamides is 1. The van der Waals surface area contributed by atoms with Crippen molar-refractivity contribution in [3.63, 3.8) is 0 Å². The monoisotopic (exact) mass is 421 g/mol. The molecule has 2 aromatic rings.